The third-order valence-corrected chi connectivity index (χ3v) is 4.65. The largest absolute Gasteiger partial charge is 0.344 e. The van der Waals surface area contributed by atoms with Crippen molar-refractivity contribution in [2.45, 2.75) is 27.3 Å². The highest BCUT2D eigenvalue weighted by Gasteiger charge is 2.18. The lowest BCUT2D eigenvalue weighted by Gasteiger charge is -2.18. The fourth-order valence-electron chi connectivity index (χ4n) is 3.24. The molecule has 2 N–H and O–H groups in total. The minimum atomic E-state index is -0.457. The molecule has 0 fully saturated rings. The Labute approximate surface area is 169 Å². The first-order chi connectivity index (χ1) is 13.8. The van der Waals surface area contributed by atoms with Gasteiger partial charge in [-0.2, -0.15) is 0 Å². The maximum absolute atomic E-state index is 12.8. The van der Waals surface area contributed by atoms with Gasteiger partial charge in [0.15, 0.2) is 5.43 Å². The standard InChI is InChI=1S/C23H23N3O3/c1-15-13-21(28)22(16(2)26(15)14-18-7-5-4-6-8-18)23(29)25-20-11-9-19(10-12-20)24-17(3)27/h4-13H,14H2,1-3H3,(H,24,27)(H,25,29). The third-order valence-electron chi connectivity index (χ3n) is 4.65. The summed E-state index contributed by atoms with van der Waals surface area (Å²) in [5.41, 5.74) is 3.49. The molecule has 0 aliphatic carbocycles. The molecule has 3 aromatic rings. The third kappa shape index (κ3) is 4.79. The fourth-order valence-corrected chi connectivity index (χ4v) is 3.24. The normalized spacial score (nSPS) is 10.4. The molecule has 148 valence electrons. The number of benzene rings is 2. The predicted octanol–water partition coefficient (Wildman–Crippen LogP) is 3.72. The first-order valence-electron chi connectivity index (χ1n) is 9.29. The lowest BCUT2D eigenvalue weighted by atomic mass is 10.1. The van der Waals surface area contributed by atoms with E-state index in [0.29, 0.717) is 23.6 Å². The SMILES string of the molecule is CC(=O)Nc1ccc(NC(=O)c2c(C)n(Cc3ccccc3)c(C)cc2=O)cc1. The van der Waals surface area contributed by atoms with Crippen LogP contribution in [0.4, 0.5) is 11.4 Å². The zero-order chi connectivity index (χ0) is 21.0. The van der Waals surface area contributed by atoms with Crippen LogP contribution in [0.3, 0.4) is 0 Å². The molecule has 29 heavy (non-hydrogen) atoms. The van der Waals surface area contributed by atoms with Crippen molar-refractivity contribution in [1.29, 1.82) is 0 Å². The van der Waals surface area contributed by atoms with Crippen molar-refractivity contribution in [3.8, 4) is 0 Å². The molecule has 0 aliphatic rings. The van der Waals surface area contributed by atoms with Gasteiger partial charge in [0.1, 0.15) is 5.56 Å². The number of nitrogens with one attached hydrogen (secondary N) is 2. The number of hydrogen-bond donors (Lipinski definition) is 2. The molecule has 0 unspecified atom stereocenters. The summed E-state index contributed by atoms with van der Waals surface area (Å²) in [6.07, 6.45) is 0. The summed E-state index contributed by atoms with van der Waals surface area (Å²) >= 11 is 0. The molecule has 1 heterocycles. The van der Waals surface area contributed by atoms with Gasteiger partial charge in [0.05, 0.1) is 0 Å². The van der Waals surface area contributed by atoms with Crippen LogP contribution in [0.15, 0.2) is 65.5 Å². The van der Waals surface area contributed by atoms with Crippen LogP contribution >= 0.6 is 0 Å². The first-order valence-corrected chi connectivity index (χ1v) is 9.29. The number of aromatic nitrogens is 1. The summed E-state index contributed by atoms with van der Waals surface area (Å²) < 4.78 is 1.96. The van der Waals surface area contributed by atoms with Gasteiger partial charge in [-0.15, -0.1) is 0 Å². The Balaban J connectivity index is 1.87. The quantitative estimate of drug-likeness (QED) is 0.698. The van der Waals surface area contributed by atoms with Crippen LogP contribution in [0.1, 0.15) is 34.2 Å². The number of anilines is 2. The molecule has 6 nitrogen and oxygen atoms in total. The summed E-state index contributed by atoms with van der Waals surface area (Å²) in [7, 11) is 0. The summed E-state index contributed by atoms with van der Waals surface area (Å²) in [6.45, 7) is 5.65. The number of hydrogen-bond acceptors (Lipinski definition) is 3. The zero-order valence-electron chi connectivity index (χ0n) is 16.7. The highest BCUT2D eigenvalue weighted by Crippen LogP contribution is 2.16. The monoisotopic (exact) mass is 389 g/mol. The van der Waals surface area contributed by atoms with E-state index in [2.05, 4.69) is 10.6 Å². The van der Waals surface area contributed by atoms with Gasteiger partial charge in [0.2, 0.25) is 5.91 Å². The van der Waals surface area contributed by atoms with Crippen molar-refractivity contribution >= 4 is 23.2 Å². The van der Waals surface area contributed by atoms with E-state index >= 15 is 0 Å². The Bertz CT molecular complexity index is 1100. The Morgan fingerprint density at radius 2 is 1.48 bits per heavy atom. The van der Waals surface area contributed by atoms with Crippen molar-refractivity contribution < 1.29 is 9.59 Å². The molecule has 0 saturated heterocycles. The lowest BCUT2D eigenvalue weighted by Crippen LogP contribution is -2.27. The number of nitrogens with zero attached hydrogens (tertiary/aromatic N) is 1. The van der Waals surface area contributed by atoms with Gasteiger partial charge in [0, 0.05) is 42.3 Å². The van der Waals surface area contributed by atoms with Crippen molar-refractivity contribution in [1.82, 2.24) is 4.57 Å². The van der Waals surface area contributed by atoms with E-state index in [1.165, 1.54) is 13.0 Å². The Morgan fingerprint density at radius 1 is 0.897 bits per heavy atom. The Hall–Kier alpha value is -3.67. The molecular formula is C23H23N3O3. The molecular weight excluding hydrogens is 366 g/mol. The summed E-state index contributed by atoms with van der Waals surface area (Å²) in [6, 6.07) is 18.1. The van der Waals surface area contributed by atoms with Gasteiger partial charge in [-0.1, -0.05) is 30.3 Å². The average molecular weight is 389 g/mol. The van der Waals surface area contributed by atoms with Crippen molar-refractivity contribution in [3.63, 3.8) is 0 Å². The van der Waals surface area contributed by atoms with Crippen LogP contribution in [0.5, 0.6) is 0 Å². The van der Waals surface area contributed by atoms with Gasteiger partial charge in [-0.25, -0.2) is 0 Å². The molecule has 0 aliphatic heterocycles. The molecule has 3 rings (SSSR count). The smallest absolute Gasteiger partial charge is 0.261 e. The van der Waals surface area contributed by atoms with Crippen LogP contribution in [0.2, 0.25) is 0 Å². The van der Waals surface area contributed by atoms with Gasteiger partial charge in [0.25, 0.3) is 5.91 Å². The number of aryl methyl sites for hydroxylation is 1. The number of pyridine rings is 1. The predicted molar refractivity (Wildman–Crippen MR) is 114 cm³/mol. The average Bonchev–Trinajstić information content (AvgIpc) is 2.67. The molecule has 0 radical (unpaired) electrons. The summed E-state index contributed by atoms with van der Waals surface area (Å²) in [4.78, 5) is 36.5. The second-order valence-corrected chi connectivity index (χ2v) is 6.89. The van der Waals surface area contributed by atoms with E-state index in [4.69, 9.17) is 0 Å². The van der Waals surface area contributed by atoms with Crippen LogP contribution in [-0.2, 0) is 11.3 Å². The molecule has 0 spiro atoms. The minimum absolute atomic E-state index is 0.123. The van der Waals surface area contributed by atoms with E-state index < -0.39 is 5.91 Å². The first kappa shape index (κ1) is 20.1. The molecule has 2 amide bonds. The van der Waals surface area contributed by atoms with E-state index in [1.54, 1.807) is 31.2 Å². The Morgan fingerprint density at radius 3 is 2.07 bits per heavy atom. The van der Waals surface area contributed by atoms with Crippen molar-refractivity contribution in [2.75, 3.05) is 10.6 Å². The van der Waals surface area contributed by atoms with Crippen molar-refractivity contribution in [2.24, 2.45) is 0 Å². The number of carbonyl (C=O) groups is 2. The lowest BCUT2D eigenvalue weighted by molar-refractivity contribution is -0.114. The number of carbonyl (C=O) groups excluding carboxylic acids is 2. The minimum Gasteiger partial charge on any atom is -0.344 e. The second kappa shape index (κ2) is 8.56. The highest BCUT2D eigenvalue weighted by atomic mass is 16.2. The van der Waals surface area contributed by atoms with Crippen LogP contribution in [0, 0.1) is 13.8 Å². The van der Waals surface area contributed by atoms with Gasteiger partial charge in [-0.3, -0.25) is 14.4 Å². The number of amides is 2. The molecule has 1 aromatic heterocycles. The van der Waals surface area contributed by atoms with Crippen molar-refractivity contribution in [3.05, 3.63) is 93.4 Å². The summed E-state index contributed by atoms with van der Waals surface area (Å²) in [5, 5.41) is 5.43. The maximum Gasteiger partial charge on any atom is 0.261 e. The molecule has 0 atom stereocenters. The van der Waals surface area contributed by atoms with E-state index in [-0.39, 0.29) is 16.9 Å². The topological polar surface area (TPSA) is 80.2 Å². The zero-order valence-corrected chi connectivity index (χ0v) is 16.7. The van der Waals surface area contributed by atoms with Crippen LogP contribution in [-0.4, -0.2) is 16.4 Å². The van der Waals surface area contributed by atoms with E-state index in [0.717, 1.165) is 11.3 Å². The van der Waals surface area contributed by atoms with E-state index in [1.807, 2.05) is 41.8 Å². The summed E-state index contributed by atoms with van der Waals surface area (Å²) in [5.74, 6) is -0.627. The van der Waals surface area contributed by atoms with E-state index in [9.17, 15) is 14.4 Å². The molecule has 2 aromatic carbocycles. The number of rotatable bonds is 5. The highest BCUT2D eigenvalue weighted by molar-refractivity contribution is 6.05. The molecule has 0 bridgehead atoms. The van der Waals surface area contributed by atoms with Gasteiger partial charge >= 0.3 is 0 Å². The fraction of sp³-hybridized carbons (Fsp3) is 0.174. The van der Waals surface area contributed by atoms with Gasteiger partial charge in [-0.05, 0) is 43.7 Å². The van der Waals surface area contributed by atoms with Gasteiger partial charge < -0.3 is 15.2 Å². The molecule has 0 saturated carbocycles. The second-order valence-electron chi connectivity index (χ2n) is 6.89. The Kier molecular flexibility index (Phi) is 5.93. The van der Waals surface area contributed by atoms with Crippen LogP contribution < -0.4 is 16.1 Å². The van der Waals surface area contributed by atoms with Crippen LogP contribution in [0.25, 0.3) is 0 Å². The maximum atomic E-state index is 12.8. The molecule has 6 heteroatoms.